The summed E-state index contributed by atoms with van der Waals surface area (Å²) in [5.41, 5.74) is 1.51. The first-order valence-electron chi connectivity index (χ1n) is 8.82. The molecule has 1 amide bonds. The molecule has 8 heteroatoms. The Bertz CT molecular complexity index is 919. The Kier molecular flexibility index (Phi) is 4.69. The number of aromatic nitrogens is 3. The SMILES string of the molecule is Cc1cc(NC(=O)c2ccnc(N3CCN(c4ccccc4)CC3)n2)no1. The maximum atomic E-state index is 12.4. The number of benzene rings is 1. The second-order valence-corrected chi connectivity index (χ2v) is 6.33. The van der Waals surface area contributed by atoms with Gasteiger partial charge in [0, 0.05) is 44.1 Å². The fourth-order valence-corrected chi connectivity index (χ4v) is 3.04. The zero-order valence-corrected chi connectivity index (χ0v) is 15.0. The van der Waals surface area contributed by atoms with Gasteiger partial charge in [-0.1, -0.05) is 23.4 Å². The Morgan fingerprint density at radius 1 is 1.07 bits per heavy atom. The molecule has 8 nitrogen and oxygen atoms in total. The molecule has 0 aliphatic carbocycles. The highest BCUT2D eigenvalue weighted by molar-refractivity contribution is 6.02. The van der Waals surface area contributed by atoms with Crippen molar-refractivity contribution in [1.29, 1.82) is 0 Å². The van der Waals surface area contributed by atoms with E-state index in [1.54, 1.807) is 25.3 Å². The van der Waals surface area contributed by atoms with Crippen molar-refractivity contribution in [3.63, 3.8) is 0 Å². The predicted octanol–water partition coefficient (Wildman–Crippen LogP) is 2.35. The number of anilines is 3. The van der Waals surface area contributed by atoms with Gasteiger partial charge in [-0.3, -0.25) is 4.79 Å². The van der Waals surface area contributed by atoms with Gasteiger partial charge in [-0.15, -0.1) is 0 Å². The number of para-hydroxylation sites is 1. The number of aryl methyl sites for hydroxylation is 1. The fourth-order valence-electron chi connectivity index (χ4n) is 3.04. The maximum Gasteiger partial charge on any atom is 0.275 e. The van der Waals surface area contributed by atoms with Crippen molar-refractivity contribution in [2.24, 2.45) is 0 Å². The number of amides is 1. The van der Waals surface area contributed by atoms with E-state index in [9.17, 15) is 4.79 Å². The minimum atomic E-state index is -0.338. The van der Waals surface area contributed by atoms with Crippen molar-refractivity contribution in [2.75, 3.05) is 41.3 Å². The third-order valence-electron chi connectivity index (χ3n) is 4.43. The molecule has 0 atom stereocenters. The van der Waals surface area contributed by atoms with Crippen LogP contribution in [0.2, 0.25) is 0 Å². The molecule has 1 aromatic carbocycles. The Hall–Kier alpha value is -3.42. The van der Waals surface area contributed by atoms with E-state index in [0.717, 1.165) is 26.2 Å². The van der Waals surface area contributed by atoms with Crippen molar-refractivity contribution in [1.82, 2.24) is 15.1 Å². The lowest BCUT2D eigenvalue weighted by Crippen LogP contribution is -2.47. The zero-order chi connectivity index (χ0) is 18.6. The first-order valence-corrected chi connectivity index (χ1v) is 8.82. The van der Waals surface area contributed by atoms with Gasteiger partial charge in [0.1, 0.15) is 11.5 Å². The molecule has 3 aromatic rings. The lowest BCUT2D eigenvalue weighted by molar-refractivity contribution is 0.102. The van der Waals surface area contributed by atoms with Gasteiger partial charge in [-0.2, -0.15) is 0 Å². The summed E-state index contributed by atoms with van der Waals surface area (Å²) in [6.07, 6.45) is 1.61. The van der Waals surface area contributed by atoms with E-state index in [4.69, 9.17) is 4.52 Å². The first kappa shape index (κ1) is 17.0. The van der Waals surface area contributed by atoms with Gasteiger partial charge in [0.2, 0.25) is 5.95 Å². The van der Waals surface area contributed by atoms with Crippen LogP contribution in [0, 0.1) is 6.92 Å². The molecular formula is C19H20N6O2. The minimum Gasteiger partial charge on any atom is -0.368 e. The molecule has 0 bridgehead atoms. The highest BCUT2D eigenvalue weighted by atomic mass is 16.5. The van der Waals surface area contributed by atoms with Gasteiger partial charge >= 0.3 is 0 Å². The molecule has 0 unspecified atom stereocenters. The van der Waals surface area contributed by atoms with Crippen LogP contribution >= 0.6 is 0 Å². The number of hydrogen-bond donors (Lipinski definition) is 1. The largest absolute Gasteiger partial charge is 0.368 e. The highest BCUT2D eigenvalue weighted by Crippen LogP contribution is 2.18. The minimum absolute atomic E-state index is 0.297. The van der Waals surface area contributed by atoms with Crippen molar-refractivity contribution in [2.45, 2.75) is 6.92 Å². The summed E-state index contributed by atoms with van der Waals surface area (Å²) in [6, 6.07) is 13.6. The standard InChI is InChI=1S/C19H20N6O2/c1-14-13-17(23-27-14)22-18(26)16-7-8-20-19(21-16)25-11-9-24(10-12-25)15-5-3-2-4-6-15/h2-8,13H,9-12H2,1H3,(H,22,23,26). The Balaban J connectivity index is 1.41. The van der Waals surface area contributed by atoms with E-state index >= 15 is 0 Å². The van der Waals surface area contributed by atoms with Crippen LogP contribution in [0.3, 0.4) is 0 Å². The monoisotopic (exact) mass is 364 g/mol. The predicted molar refractivity (Wildman–Crippen MR) is 102 cm³/mol. The number of nitrogens with one attached hydrogen (secondary N) is 1. The molecule has 1 aliphatic heterocycles. The van der Waals surface area contributed by atoms with Crippen LogP contribution in [-0.2, 0) is 0 Å². The smallest absolute Gasteiger partial charge is 0.275 e. The Morgan fingerprint density at radius 3 is 2.52 bits per heavy atom. The third-order valence-corrected chi connectivity index (χ3v) is 4.43. The van der Waals surface area contributed by atoms with Gasteiger partial charge in [-0.25, -0.2) is 9.97 Å². The average Bonchev–Trinajstić information content (AvgIpc) is 3.13. The van der Waals surface area contributed by atoms with E-state index < -0.39 is 0 Å². The summed E-state index contributed by atoms with van der Waals surface area (Å²) < 4.78 is 4.96. The molecular weight excluding hydrogens is 344 g/mol. The summed E-state index contributed by atoms with van der Waals surface area (Å²) in [5.74, 6) is 1.22. The number of carbonyl (C=O) groups is 1. The molecule has 138 valence electrons. The van der Waals surface area contributed by atoms with Crippen LogP contribution in [0.1, 0.15) is 16.2 Å². The van der Waals surface area contributed by atoms with Crippen LogP contribution in [0.5, 0.6) is 0 Å². The van der Waals surface area contributed by atoms with E-state index in [-0.39, 0.29) is 5.91 Å². The topological polar surface area (TPSA) is 87.4 Å². The van der Waals surface area contributed by atoms with Crippen molar-refractivity contribution >= 4 is 23.4 Å². The van der Waals surface area contributed by atoms with E-state index in [1.807, 2.05) is 18.2 Å². The number of nitrogens with zero attached hydrogens (tertiary/aromatic N) is 5. The summed E-state index contributed by atoms with van der Waals surface area (Å²) in [6.45, 7) is 5.11. The van der Waals surface area contributed by atoms with Crippen LogP contribution in [0.25, 0.3) is 0 Å². The first-order chi connectivity index (χ1) is 13.2. The van der Waals surface area contributed by atoms with Crippen LogP contribution in [0.4, 0.5) is 17.5 Å². The summed E-state index contributed by atoms with van der Waals surface area (Å²) in [4.78, 5) is 25.6. The Morgan fingerprint density at radius 2 is 1.81 bits per heavy atom. The highest BCUT2D eigenvalue weighted by Gasteiger charge is 2.20. The third kappa shape index (κ3) is 3.89. The molecule has 0 saturated carbocycles. The maximum absolute atomic E-state index is 12.4. The molecule has 0 spiro atoms. The molecule has 1 fully saturated rings. The van der Waals surface area contributed by atoms with Gasteiger partial charge in [0.05, 0.1) is 0 Å². The van der Waals surface area contributed by atoms with Gasteiger partial charge < -0.3 is 19.6 Å². The fraction of sp³-hybridized carbons (Fsp3) is 0.263. The molecule has 3 heterocycles. The summed E-state index contributed by atoms with van der Waals surface area (Å²) in [5, 5.41) is 6.44. The van der Waals surface area contributed by atoms with Gasteiger partial charge in [0.25, 0.3) is 5.91 Å². The molecule has 1 aliphatic rings. The molecule has 1 saturated heterocycles. The molecule has 1 N–H and O–H groups in total. The number of piperazine rings is 1. The normalized spacial score (nSPS) is 14.3. The van der Waals surface area contributed by atoms with Crippen molar-refractivity contribution in [3.8, 4) is 0 Å². The molecule has 4 rings (SSSR count). The second-order valence-electron chi connectivity index (χ2n) is 6.33. The molecule has 27 heavy (non-hydrogen) atoms. The van der Waals surface area contributed by atoms with Gasteiger partial charge in [-0.05, 0) is 25.1 Å². The summed E-state index contributed by atoms with van der Waals surface area (Å²) >= 11 is 0. The number of hydrogen-bond acceptors (Lipinski definition) is 7. The number of rotatable bonds is 4. The molecule has 2 aromatic heterocycles. The quantitative estimate of drug-likeness (QED) is 0.760. The lowest BCUT2D eigenvalue weighted by atomic mass is 10.2. The number of carbonyl (C=O) groups excluding carboxylic acids is 1. The van der Waals surface area contributed by atoms with Gasteiger partial charge in [0.15, 0.2) is 5.82 Å². The van der Waals surface area contributed by atoms with Crippen molar-refractivity contribution < 1.29 is 9.32 Å². The Labute approximate surface area is 156 Å². The molecule has 0 radical (unpaired) electrons. The van der Waals surface area contributed by atoms with E-state index in [1.165, 1.54) is 5.69 Å². The summed E-state index contributed by atoms with van der Waals surface area (Å²) in [7, 11) is 0. The van der Waals surface area contributed by atoms with Crippen LogP contribution in [0.15, 0.2) is 53.2 Å². The second kappa shape index (κ2) is 7.45. The van der Waals surface area contributed by atoms with E-state index in [2.05, 4.69) is 42.4 Å². The average molecular weight is 364 g/mol. The van der Waals surface area contributed by atoms with Crippen LogP contribution in [-0.4, -0.2) is 47.2 Å². The van der Waals surface area contributed by atoms with Crippen molar-refractivity contribution in [3.05, 3.63) is 60.1 Å². The van der Waals surface area contributed by atoms with E-state index in [0.29, 0.717) is 23.2 Å². The lowest BCUT2D eigenvalue weighted by Gasteiger charge is -2.36. The van der Waals surface area contributed by atoms with Crippen LogP contribution < -0.4 is 15.1 Å². The zero-order valence-electron chi connectivity index (χ0n) is 15.0.